The quantitative estimate of drug-likeness (QED) is 0.524. The summed E-state index contributed by atoms with van der Waals surface area (Å²) in [6.45, 7) is 7.76. The summed E-state index contributed by atoms with van der Waals surface area (Å²) in [4.78, 5) is 65.2. The number of hydrogen-bond acceptors (Lipinski definition) is 7. The average Bonchev–Trinajstić information content (AvgIpc) is 3.81. The molecule has 0 spiro atoms. The van der Waals surface area contributed by atoms with Crippen LogP contribution in [0.4, 0.5) is 0 Å². The summed E-state index contributed by atoms with van der Waals surface area (Å²) in [5, 5.41) is 7.20. The Hall–Kier alpha value is -2.53. The van der Waals surface area contributed by atoms with E-state index in [0.29, 0.717) is 74.6 Å². The van der Waals surface area contributed by atoms with Crippen LogP contribution in [0.25, 0.3) is 0 Å². The maximum atomic E-state index is 13.7. The molecule has 1 aromatic heterocycles. The zero-order valence-electron chi connectivity index (χ0n) is 27.1. The van der Waals surface area contributed by atoms with Crippen molar-refractivity contribution in [1.82, 2.24) is 30.3 Å². The Labute approximate surface area is 272 Å². The largest absolute Gasteiger partial charge is 0.356 e. The summed E-state index contributed by atoms with van der Waals surface area (Å²) in [5.74, 6) is 0.926. The van der Waals surface area contributed by atoms with Crippen LogP contribution in [-0.2, 0) is 20.8 Å². The van der Waals surface area contributed by atoms with Gasteiger partial charge >= 0.3 is 0 Å². The van der Waals surface area contributed by atoms with Gasteiger partial charge in [0.25, 0.3) is 5.91 Å². The molecule has 0 radical (unpaired) electrons. The Kier molecular flexibility index (Phi) is 10.7. The van der Waals surface area contributed by atoms with Crippen LogP contribution in [0.1, 0.15) is 97.4 Å². The standard InChI is InChI=1S/C34H52N6O4S/c1-23-33-34(44)40-17-11-25(20-32(43)38-14-4-5-15-38)27(22-40)19-30(42)35-12-8-26-21-39(28-6-2-3-7-28)16-10-24(26)18-29(41)36-13-9-31(37-23)45-33/h24-28H,2-22H2,1H3,(H,35,42)(H,36,41)/t24-,25-,26-,27-/m0/s1. The molecule has 248 valence electrons. The number of carbonyl (C=O) groups is 4. The van der Waals surface area contributed by atoms with Crippen molar-refractivity contribution >= 4 is 35.0 Å². The highest BCUT2D eigenvalue weighted by atomic mass is 32.1. The van der Waals surface area contributed by atoms with Crippen LogP contribution in [0.2, 0.25) is 0 Å². The first kappa shape index (κ1) is 32.4. The van der Waals surface area contributed by atoms with Crippen LogP contribution < -0.4 is 10.6 Å². The van der Waals surface area contributed by atoms with Gasteiger partial charge in [0, 0.05) is 77.5 Å². The minimum atomic E-state index is -0.0638. The number of aromatic nitrogens is 1. The van der Waals surface area contributed by atoms with E-state index in [1.807, 2.05) is 16.7 Å². The van der Waals surface area contributed by atoms with Gasteiger partial charge in [-0.25, -0.2) is 4.98 Å². The highest BCUT2D eigenvalue weighted by Crippen LogP contribution is 2.35. The third-order valence-electron chi connectivity index (χ3n) is 11.3. The minimum absolute atomic E-state index is 0.000143. The molecule has 4 atom stereocenters. The molecule has 1 aliphatic carbocycles. The van der Waals surface area contributed by atoms with Crippen LogP contribution in [0, 0.1) is 30.6 Å². The van der Waals surface area contributed by atoms with Crippen LogP contribution >= 0.6 is 11.3 Å². The molecule has 3 saturated heterocycles. The number of aryl methyl sites for hydroxylation is 1. The summed E-state index contributed by atoms with van der Waals surface area (Å²) in [6.07, 6.45) is 11.8. The Morgan fingerprint density at radius 1 is 0.822 bits per heavy atom. The van der Waals surface area contributed by atoms with E-state index in [0.717, 1.165) is 69.0 Å². The first-order valence-electron chi connectivity index (χ1n) is 17.6. The number of hydrogen-bond donors (Lipinski definition) is 2. The number of thiazole rings is 1. The number of carbonyl (C=O) groups excluding carboxylic acids is 4. The van der Waals surface area contributed by atoms with Crippen molar-refractivity contribution < 1.29 is 19.2 Å². The van der Waals surface area contributed by atoms with Crippen LogP contribution in [0.3, 0.4) is 0 Å². The fourth-order valence-corrected chi connectivity index (χ4v) is 9.65. The number of fused-ring (bicyclic) bond motifs is 5. The lowest BCUT2D eigenvalue weighted by Gasteiger charge is -2.41. The maximum absolute atomic E-state index is 13.7. The molecule has 5 aliphatic rings. The average molecular weight is 641 g/mol. The van der Waals surface area contributed by atoms with E-state index in [-0.39, 0.29) is 35.5 Å². The van der Waals surface area contributed by atoms with Crippen LogP contribution in [-0.4, -0.2) is 102 Å². The van der Waals surface area contributed by atoms with Gasteiger partial charge in [-0.3, -0.25) is 19.2 Å². The Morgan fingerprint density at radius 3 is 2.33 bits per heavy atom. The van der Waals surface area contributed by atoms with Crippen LogP contribution in [0.5, 0.6) is 0 Å². The highest BCUT2D eigenvalue weighted by molar-refractivity contribution is 7.13. The fourth-order valence-electron chi connectivity index (χ4n) is 8.62. The number of likely N-dealkylation sites (tertiary alicyclic amines) is 2. The molecule has 4 aliphatic heterocycles. The van der Waals surface area contributed by atoms with Gasteiger partial charge in [-0.1, -0.05) is 12.8 Å². The summed E-state index contributed by atoms with van der Waals surface area (Å²) < 4.78 is 0. The molecule has 45 heavy (non-hydrogen) atoms. The van der Waals surface area contributed by atoms with E-state index in [1.165, 1.54) is 37.0 Å². The number of nitrogens with zero attached hydrogens (tertiary/aromatic N) is 4. The van der Waals surface area contributed by atoms with E-state index in [9.17, 15) is 19.2 Å². The van der Waals surface area contributed by atoms with Gasteiger partial charge in [-0.2, -0.15) is 0 Å². The predicted octanol–water partition coefficient (Wildman–Crippen LogP) is 3.38. The van der Waals surface area contributed by atoms with E-state index in [2.05, 4.69) is 20.5 Å². The van der Waals surface area contributed by atoms with Gasteiger partial charge in [0.1, 0.15) is 4.88 Å². The molecule has 4 amide bonds. The van der Waals surface area contributed by atoms with Crippen LogP contribution in [0.15, 0.2) is 0 Å². The monoisotopic (exact) mass is 640 g/mol. The second kappa shape index (κ2) is 14.9. The molecule has 5 heterocycles. The zero-order chi connectivity index (χ0) is 31.3. The lowest BCUT2D eigenvalue weighted by molar-refractivity contribution is -0.133. The van der Waals surface area contributed by atoms with Crippen molar-refractivity contribution in [2.75, 3.05) is 52.4 Å². The van der Waals surface area contributed by atoms with Crippen molar-refractivity contribution in [3.05, 3.63) is 15.6 Å². The van der Waals surface area contributed by atoms with E-state index >= 15 is 0 Å². The van der Waals surface area contributed by atoms with Gasteiger partial charge in [0.2, 0.25) is 17.7 Å². The van der Waals surface area contributed by atoms with E-state index in [4.69, 9.17) is 0 Å². The number of nitrogens with one attached hydrogen (secondary N) is 2. The zero-order valence-corrected chi connectivity index (χ0v) is 27.9. The number of rotatable bonds is 3. The second-order valence-corrected chi connectivity index (χ2v) is 15.3. The first-order valence-corrected chi connectivity index (χ1v) is 18.5. The maximum Gasteiger partial charge on any atom is 0.265 e. The molecule has 4 bridgehead atoms. The number of amides is 4. The third-order valence-corrected chi connectivity index (χ3v) is 12.5. The molecule has 1 aromatic rings. The Morgan fingerprint density at radius 2 is 1.56 bits per heavy atom. The normalized spacial score (nSPS) is 29.8. The predicted molar refractivity (Wildman–Crippen MR) is 174 cm³/mol. The molecular weight excluding hydrogens is 588 g/mol. The minimum Gasteiger partial charge on any atom is -0.356 e. The highest BCUT2D eigenvalue weighted by Gasteiger charge is 2.37. The molecule has 4 fully saturated rings. The van der Waals surface area contributed by atoms with Gasteiger partial charge in [0.05, 0.1) is 10.7 Å². The Balaban J connectivity index is 1.18. The molecule has 1 saturated carbocycles. The second-order valence-electron chi connectivity index (χ2n) is 14.3. The Bertz CT molecular complexity index is 1230. The van der Waals surface area contributed by atoms with Crippen molar-refractivity contribution in [2.24, 2.45) is 23.7 Å². The third kappa shape index (κ3) is 8.07. The summed E-state index contributed by atoms with van der Waals surface area (Å²) in [6, 6.07) is 0.662. The lowest BCUT2D eigenvalue weighted by atomic mass is 9.80. The van der Waals surface area contributed by atoms with Gasteiger partial charge in [-0.05, 0) is 82.1 Å². The summed E-state index contributed by atoms with van der Waals surface area (Å²) >= 11 is 1.42. The lowest BCUT2D eigenvalue weighted by Crippen LogP contribution is -2.47. The molecule has 2 N–H and O–H groups in total. The molecule has 0 unspecified atom stereocenters. The van der Waals surface area contributed by atoms with Crippen molar-refractivity contribution in [3.63, 3.8) is 0 Å². The van der Waals surface area contributed by atoms with E-state index in [1.54, 1.807) is 0 Å². The molecule has 6 rings (SSSR count). The van der Waals surface area contributed by atoms with Gasteiger partial charge in [-0.15, -0.1) is 11.3 Å². The fraction of sp³-hybridized carbons (Fsp3) is 0.794. The summed E-state index contributed by atoms with van der Waals surface area (Å²) in [7, 11) is 0. The topological polar surface area (TPSA) is 115 Å². The van der Waals surface area contributed by atoms with Crippen molar-refractivity contribution in [3.8, 4) is 0 Å². The first-order chi connectivity index (χ1) is 21.8. The SMILES string of the molecule is Cc1nc2sc1C(=O)N1CC[C@@H](CC(=O)N3CCCC3)[C@@H](CC(=O)NCC[C@H]3CN(C4CCCC4)CC[C@H]3CC(=O)NCC2)C1. The smallest absolute Gasteiger partial charge is 0.265 e. The molecule has 10 nitrogen and oxygen atoms in total. The van der Waals surface area contributed by atoms with E-state index < -0.39 is 0 Å². The van der Waals surface area contributed by atoms with Gasteiger partial charge in [0.15, 0.2) is 0 Å². The molecular formula is C34H52N6O4S. The molecule has 0 aromatic carbocycles. The van der Waals surface area contributed by atoms with Crippen molar-refractivity contribution in [2.45, 2.75) is 96.4 Å². The van der Waals surface area contributed by atoms with Gasteiger partial charge < -0.3 is 25.3 Å². The van der Waals surface area contributed by atoms with Crippen molar-refractivity contribution in [1.29, 1.82) is 0 Å². The number of piperidine rings is 2. The summed E-state index contributed by atoms with van der Waals surface area (Å²) in [5.41, 5.74) is 0.721. The molecule has 11 heteroatoms.